The second-order valence-electron chi connectivity index (χ2n) is 6.46. The number of para-hydroxylation sites is 1. The first kappa shape index (κ1) is 20.1. The van der Waals surface area contributed by atoms with Gasteiger partial charge < -0.3 is 11.1 Å². The van der Waals surface area contributed by atoms with E-state index in [1.807, 2.05) is 50.2 Å². The Labute approximate surface area is 172 Å². The maximum absolute atomic E-state index is 12.9. The van der Waals surface area contributed by atoms with E-state index in [0.717, 1.165) is 21.0 Å². The van der Waals surface area contributed by atoms with Crippen LogP contribution >= 0.6 is 23.1 Å². The minimum absolute atomic E-state index is 0.156. The van der Waals surface area contributed by atoms with E-state index in [1.54, 1.807) is 0 Å². The third kappa shape index (κ3) is 4.61. The smallest absolute Gasteiger partial charge is 0.267 e. The summed E-state index contributed by atoms with van der Waals surface area (Å²) < 4.78 is 0. The van der Waals surface area contributed by atoms with Crippen LogP contribution in [0.15, 0.2) is 47.4 Å². The number of nitrogens with one attached hydrogen (secondary N) is 1. The molecule has 3 N–H and O–H groups in total. The first-order valence-electron chi connectivity index (χ1n) is 8.71. The number of rotatable bonds is 6. The molecule has 144 valence electrons. The van der Waals surface area contributed by atoms with Crippen molar-refractivity contribution in [3.63, 3.8) is 0 Å². The van der Waals surface area contributed by atoms with Gasteiger partial charge in [-0.3, -0.25) is 9.59 Å². The summed E-state index contributed by atoms with van der Waals surface area (Å²) in [6, 6.07) is 13.6. The van der Waals surface area contributed by atoms with E-state index in [-0.39, 0.29) is 11.7 Å². The SMILES string of the molecule is Cc1ccc(-c2nc(C)c(C(=O)Nc3ccccc3SCC(N)=O)s2)c(C)c1. The number of aryl methyl sites for hydroxylation is 3. The monoisotopic (exact) mass is 411 g/mol. The second-order valence-corrected chi connectivity index (χ2v) is 8.47. The summed E-state index contributed by atoms with van der Waals surface area (Å²) in [5.74, 6) is -0.454. The van der Waals surface area contributed by atoms with Crippen LogP contribution in [0.3, 0.4) is 0 Å². The van der Waals surface area contributed by atoms with Crippen LogP contribution in [0.25, 0.3) is 10.6 Å². The van der Waals surface area contributed by atoms with Crippen LogP contribution in [0.1, 0.15) is 26.5 Å². The van der Waals surface area contributed by atoms with Gasteiger partial charge in [-0.1, -0.05) is 35.9 Å². The number of hydrogen-bond donors (Lipinski definition) is 2. The van der Waals surface area contributed by atoms with Gasteiger partial charge in [0, 0.05) is 10.5 Å². The van der Waals surface area contributed by atoms with Crippen LogP contribution < -0.4 is 11.1 Å². The van der Waals surface area contributed by atoms with Crippen molar-refractivity contribution in [2.45, 2.75) is 25.7 Å². The number of thiazole rings is 1. The highest BCUT2D eigenvalue weighted by atomic mass is 32.2. The number of hydrogen-bond acceptors (Lipinski definition) is 5. The van der Waals surface area contributed by atoms with Gasteiger partial charge in [0.05, 0.1) is 17.1 Å². The lowest BCUT2D eigenvalue weighted by molar-refractivity contribution is -0.115. The van der Waals surface area contributed by atoms with Crippen LogP contribution in [0.2, 0.25) is 0 Å². The number of nitrogens with two attached hydrogens (primary N) is 1. The molecule has 3 rings (SSSR count). The van der Waals surface area contributed by atoms with Gasteiger partial charge in [0.1, 0.15) is 9.88 Å². The molecule has 28 heavy (non-hydrogen) atoms. The molecule has 0 unspecified atom stereocenters. The fourth-order valence-corrected chi connectivity index (χ4v) is 4.60. The van der Waals surface area contributed by atoms with Crippen molar-refractivity contribution in [2.75, 3.05) is 11.1 Å². The molecule has 1 heterocycles. The minimum atomic E-state index is -0.400. The summed E-state index contributed by atoms with van der Waals surface area (Å²) in [7, 11) is 0. The zero-order chi connectivity index (χ0) is 20.3. The van der Waals surface area contributed by atoms with Crippen LogP contribution in [-0.2, 0) is 4.79 Å². The number of primary amides is 1. The van der Waals surface area contributed by atoms with Crippen molar-refractivity contribution < 1.29 is 9.59 Å². The number of benzene rings is 2. The normalized spacial score (nSPS) is 10.7. The van der Waals surface area contributed by atoms with E-state index >= 15 is 0 Å². The second kappa shape index (κ2) is 8.58. The molecule has 7 heteroatoms. The van der Waals surface area contributed by atoms with Gasteiger partial charge >= 0.3 is 0 Å². The molecule has 3 aromatic rings. The number of thioether (sulfide) groups is 1. The summed E-state index contributed by atoms with van der Waals surface area (Å²) in [4.78, 5) is 29.9. The minimum Gasteiger partial charge on any atom is -0.369 e. The highest BCUT2D eigenvalue weighted by Gasteiger charge is 2.18. The number of amides is 2. The molecular weight excluding hydrogens is 390 g/mol. The number of aromatic nitrogens is 1. The molecule has 0 bridgehead atoms. The van der Waals surface area contributed by atoms with Crippen LogP contribution in [-0.4, -0.2) is 22.6 Å². The zero-order valence-electron chi connectivity index (χ0n) is 15.9. The van der Waals surface area contributed by atoms with E-state index in [9.17, 15) is 9.59 Å². The quantitative estimate of drug-likeness (QED) is 0.582. The molecule has 0 saturated carbocycles. The van der Waals surface area contributed by atoms with Crippen LogP contribution in [0, 0.1) is 20.8 Å². The first-order valence-corrected chi connectivity index (χ1v) is 10.5. The van der Waals surface area contributed by atoms with Crippen molar-refractivity contribution in [1.82, 2.24) is 4.98 Å². The van der Waals surface area contributed by atoms with Gasteiger partial charge in [-0.05, 0) is 38.5 Å². The Morgan fingerprint density at radius 2 is 1.89 bits per heavy atom. The van der Waals surface area contributed by atoms with E-state index in [0.29, 0.717) is 16.3 Å². The van der Waals surface area contributed by atoms with Crippen LogP contribution in [0.4, 0.5) is 5.69 Å². The predicted molar refractivity (Wildman–Crippen MR) is 116 cm³/mol. The Kier molecular flexibility index (Phi) is 6.16. The molecule has 0 spiro atoms. The van der Waals surface area contributed by atoms with E-state index in [1.165, 1.54) is 28.7 Å². The average Bonchev–Trinajstić information content (AvgIpc) is 3.02. The fraction of sp³-hybridized carbons (Fsp3) is 0.190. The summed E-state index contributed by atoms with van der Waals surface area (Å²) in [6.07, 6.45) is 0. The molecular formula is C21H21N3O2S2. The maximum Gasteiger partial charge on any atom is 0.267 e. The highest BCUT2D eigenvalue weighted by Crippen LogP contribution is 2.32. The zero-order valence-corrected chi connectivity index (χ0v) is 17.5. The number of carbonyl (C=O) groups is 2. The topological polar surface area (TPSA) is 85.1 Å². The van der Waals surface area contributed by atoms with Crippen LogP contribution in [0.5, 0.6) is 0 Å². The molecule has 0 saturated heterocycles. The van der Waals surface area contributed by atoms with Gasteiger partial charge in [-0.25, -0.2) is 4.98 Å². The lowest BCUT2D eigenvalue weighted by Gasteiger charge is -2.09. The Bertz CT molecular complexity index is 1040. The Morgan fingerprint density at radius 1 is 1.14 bits per heavy atom. The van der Waals surface area contributed by atoms with Gasteiger partial charge in [-0.2, -0.15) is 0 Å². The van der Waals surface area contributed by atoms with Crippen molar-refractivity contribution in [2.24, 2.45) is 5.73 Å². The molecule has 5 nitrogen and oxygen atoms in total. The van der Waals surface area contributed by atoms with Crippen molar-refractivity contribution in [1.29, 1.82) is 0 Å². The molecule has 0 aliphatic heterocycles. The molecule has 1 aromatic heterocycles. The largest absolute Gasteiger partial charge is 0.369 e. The van der Waals surface area contributed by atoms with Gasteiger partial charge in [0.15, 0.2) is 0 Å². The molecule has 0 radical (unpaired) electrons. The maximum atomic E-state index is 12.9. The van der Waals surface area contributed by atoms with E-state index in [2.05, 4.69) is 23.3 Å². The average molecular weight is 412 g/mol. The molecule has 2 aromatic carbocycles. The Balaban J connectivity index is 1.84. The summed E-state index contributed by atoms with van der Waals surface area (Å²) >= 11 is 2.68. The molecule has 0 aliphatic rings. The number of anilines is 1. The predicted octanol–water partition coefficient (Wildman–Crippen LogP) is 4.57. The van der Waals surface area contributed by atoms with Crippen molar-refractivity contribution in [3.8, 4) is 10.6 Å². The Morgan fingerprint density at radius 3 is 2.61 bits per heavy atom. The fourth-order valence-electron chi connectivity index (χ4n) is 2.80. The molecule has 0 atom stereocenters. The third-order valence-electron chi connectivity index (χ3n) is 4.12. The number of nitrogens with zero attached hydrogens (tertiary/aromatic N) is 1. The highest BCUT2D eigenvalue weighted by molar-refractivity contribution is 8.00. The summed E-state index contributed by atoms with van der Waals surface area (Å²) in [5, 5.41) is 3.77. The first-order chi connectivity index (χ1) is 13.3. The van der Waals surface area contributed by atoms with E-state index in [4.69, 9.17) is 5.73 Å². The van der Waals surface area contributed by atoms with Crippen molar-refractivity contribution >= 4 is 40.6 Å². The lowest BCUT2D eigenvalue weighted by Crippen LogP contribution is -2.14. The Hall–Kier alpha value is -2.64. The van der Waals surface area contributed by atoms with Gasteiger partial charge in [-0.15, -0.1) is 23.1 Å². The standard InChI is InChI=1S/C21H21N3O2S2/c1-12-8-9-15(13(2)10-12)21-23-14(3)19(28-21)20(26)24-16-6-4-5-7-17(16)27-11-18(22)25/h4-10H,11H2,1-3H3,(H2,22,25)(H,24,26). The summed E-state index contributed by atoms with van der Waals surface area (Å²) in [6.45, 7) is 5.94. The third-order valence-corrected chi connectivity index (χ3v) is 6.41. The molecule has 2 amide bonds. The molecule has 0 aliphatic carbocycles. The van der Waals surface area contributed by atoms with Gasteiger partial charge in [0.2, 0.25) is 5.91 Å². The van der Waals surface area contributed by atoms with Crippen molar-refractivity contribution in [3.05, 3.63) is 64.2 Å². The van der Waals surface area contributed by atoms with E-state index < -0.39 is 5.91 Å². The van der Waals surface area contributed by atoms with Gasteiger partial charge in [0.25, 0.3) is 5.91 Å². The number of carbonyl (C=O) groups excluding carboxylic acids is 2. The summed E-state index contributed by atoms with van der Waals surface area (Å²) in [5.41, 5.74) is 9.94. The molecule has 0 fully saturated rings. The lowest BCUT2D eigenvalue weighted by atomic mass is 10.1.